The van der Waals surface area contributed by atoms with E-state index in [2.05, 4.69) is 37.4 Å². The monoisotopic (exact) mass is 205 g/mol. The summed E-state index contributed by atoms with van der Waals surface area (Å²) in [5.74, 6) is 0. The predicted octanol–water partition coefficient (Wildman–Crippen LogP) is 2.76. The van der Waals surface area contributed by atoms with Crippen molar-refractivity contribution in [3.8, 4) is 0 Å². The molecule has 1 N–H and O–H groups in total. The van der Waals surface area contributed by atoms with E-state index in [1.54, 1.807) is 7.11 Å². The first kappa shape index (κ1) is 10.5. The quantitative estimate of drug-likeness (QED) is 0.819. The first-order valence-corrected chi connectivity index (χ1v) is 5.56. The number of rotatable bonds is 3. The molecule has 1 aliphatic heterocycles. The molecule has 15 heavy (non-hydrogen) atoms. The third kappa shape index (κ3) is 1.86. The van der Waals surface area contributed by atoms with E-state index in [-0.39, 0.29) is 5.54 Å². The number of hydrogen-bond donors (Lipinski definition) is 1. The standard InChI is InChI=1S/C13H19NO/c1-4-13(9-15-3)8-11-6-5-10(2)7-12(11)14-13/h5-7,14H,4,8-9H2,1-3H3. The lowest BCUT2D eigenvalue weighted by Crippen LogP contribution is -2.40. The van der Waals surface area contributed by atoms with Crippen LogP contribution in [0.3, 0.4) is 0 Å². The Balaban J connectivity index is 2.26. The maximum absolute atomic E-state index is 5.32. The number of benzene rings is 1. The summed E-state index contributed by atoms with van der Waals surface area (Å²) in [5, 5.41) is 3.61. The van der Waals surface area contributed by atoms with Gasteiger partial charge >= 0.3 is 0 Å². The molecule has 1 unspecified atom stereocenters. The van der Waals surface area contributed by atoms with E-state index in [0.29, 0.717) is 0 Å². The zero-order chi connectivity index (χ0) is 10.9. The molecule has 2 rings (SSSR count). The Hall–Kier alpha value is -1.02. The van der Waals surface area contributed by atoms with Gasteiger partial charge < -0.3 is 10.1 Å². The number of anilines is 1. The van der Waals surface area contributed by atoms with E-state index in [1.807, 2.05) is 0 Å². The lowest BCUT2D eigenvalue weighted by molar-refractivity contribution is 0.143. The third-order valence-corrected chi connectivity index (χ3v) is 3.29. The molecule has 0 aromatic heterocycles. The van der Waals surface area contributed by atoms with Crippen LogP contribution in [-0.2, 0) is 11.2 Å². The van der Waals surface area contributed by atoms with Crippen LogP contribution in [0, 0.1) is 6.92 Å². The second-order valence-corrected chi connectivity index (χ2v) is 4.53. The van der Waals surface area contributed by atoms with Crippen molar-refractivity contribution in [1.82, 2.24) is 0 Å². The number of ether oxygens (including phenoxy) is 1. The van der Waals surface area contributed by atoms with Gasteiger partial charge in [0.05, 0.1) is 12.1 Å². The predicted molar refractivity (Wildman–Crippen MR) is 63.4 cm³/mol. The fraction of sp³-hybridized carbons (Fsp3) is 0.538. The molecule has 1 heterocycles. The second kappa shape index (κ2) is 3.86. The average molecular weight is 205 g/mol. The van der Waals surface area contributed by atoms with Crippen molar-refractivity contribution >= 4 is 5.69 Å². The maximum atomic E-state index is 5.32. The molecule has 1 atom stereocenters. The number of hydrogen-bond acceptors (Lipinski definition) is 2. The summed E-state index contributed by atoms with van der Waals surface area (Å²) in [4.78, 5) is 0. The zero-order valence-corrected chi connectivity index (χ0v) is 9.76. The van der Waals surface area contributed by atoms with Gasteiger partial charge in [-0.3, -0.25) is 0 Å². The third-order valence-electron chi connectivity index (χ3n) is 3.29. The molecule has 0 fully saturated rings. The lowest BCUT2D eigenvalue weighted by atomic mass is 9.93. The fourth-order valence-electron chi connectivity index (χ4n) is 2.33. The van der Waals surface area contributed by atoms with Gasteiger partial charge in [0.25, 0.3) is 0 Å². The highest BCUT2D eigenvalue weighted by atomic mass is 16.5. The topological polar surface area (TPSA) is 21.3 Å². The van der Waals surface area contributed by atoms with Gasteiger partial charge in [0.15, 0.2) is 0 Å². The number of fused-ring (bicyclic) bond motifs is 1. The van der Waals surface area contributed by atoms with E-state index < -0.39 is 0 Å². The van der Waals surface area contributed by atoms with Gasteiger partial charge in [0.1, 0.15) is 0 Å². The summed E-state index contributed by atoms with van der Waals surface area (Å²) < 4.78 is 5.32. The Kier molecular flexibility index (Phi) is 2.70. The summed E-state index contributed by atoms with van der Waals surface area (Å²) in [6.45, 7) is 5.12. The molecular formula is C13H19NO. The minimum Gasteiger partial charge on any atom is -0.382 e. The summed E-state index contributed by atoms with van der Waals surface area (Å²) in [7, 11) is 1.77. The molecule has 0 radical (unpaired) electrons. The van der Waals surface area contributed by atoms with Crippen molar-refractivity contribution in [3.63, 3.8) is 0 Å². The largest absolute Gasteiger partial charge is 0.382 e. The molecule has 82 valence electrons. The first-order chi connectivity index (χ1) is 7.19. The van der Waals surface area contributed by atoms with Gasteiger partial charge in [-0.15, -0.1) is 0 Å². The average Bonchev–Trinajstić information content (AvgIpc) is 2.56. The van der Waals surface area contributed by atoms with Crippen LogP contribution in [0.5, 0.6) is 0 Å². The molecule has 2 nitrogen and oxygen atoms in total. The van der Waals surface area contributed by atoms with Crippen LogP contribution in [0.4, 0.5) is 5.69 Å². The van der Waals surface area contributed by atoms with Crippen molar-refractivity contribution < 1.29 is 4.74 Å². The molecule has 0 spiro atoms. The van der Waals surface area contributed by atoms with Crippen molar-refractivity contribution in [2.75, 3.05) is 19.0 Å². The summed E-state index contributed by atoms with van der Waals surface area (Å²) in [6.07, 6.45) is 2.17. The normalized spacial score (nSPS) is 23.7. The molecule has 2 heteroatoms. The zero-order valence-electron chi connectivity index (χ0n) is 9.76. The van der Waals surface area contributed by atoms with Crippen LogP contribution >= 0.6 is 0 Å². The maximum Gasteiger partial charge on any atom is 0.0695 e. The summed E-state index contributed by atoms with van der Waals surface area (Å²) >= 11 is 0. The van der Waals surface area contributed by atoms with Gasteiger partial charge in [-0.05, 0) is 37.0 Å². The van der Waals surface area contributed by atoms with Crippen LogP contribution in [0.25, 0.3) is 0 Å². The molecule has 1 aliphatic rings. The van der Waals surface area contributed by atoms with Crippen LogP contribution in [0.1, 0.15) is 24.5 Å². The van der Waals surface area contributed by atoms with E-state index >= 15 is 0 Å². The Labute approximate surface area is 91.6 Å². The minimum absolute atomic E-state index is 0.116. The minimum atomic E-state index is 0.116. The summed E-state index contributed by atoms with van der Waals surface area (Å²) in [6, 6.07) is 6.63. The van der Waals surface area contributed by atoms with E-state index in [4.69, 9.17) is 4.74 Å². The molecule has 1 aromatic carbocycles. The van der Waals surface area contributed by atoms with E-state index in [9.17, 15) is 0 Å². The Morgan fingerprint density at radius 2 is 2.27 bits per heavy atom. The molecule has 0 aliphatic carbocycles. The second-order valence-electron chi connectivity index (χ2n) is 4.53. The number of methoxy groups -OCH3 is 1. The first-order valence-electron chi connectivity index (χ1n) is 5.56. The highest BCUT2D eigenvalue weighted by Crippen LogP contribution is 2.35. The fourth-order valence-corrected chi connectivity index (χ4v) is 2.33. The van der Waals surface area contributed by atoms with Gasteiger partial charge in [-0.1, -0.05) is 19.1 Å². The van der Waals surface area contributed by atoms with Crippen LogP contribution in [0.15, 0.2) is 18.2 Å². The number of nitrogens with one attached hydrogen (secondary N) is 1. The van der Waals surface area contributed by atoms with Crippen molar-refractivity contribution in [2.24, 2.45) is 0 Å². The van der Waals surface area contributed by atoms with Gasteiger partial charge in [-0.2, -0.15) is 0 Å². The Morgan fingerprint density at radius 1 is 1.47 bits per heavy atom. The molecule has 1 aromatic rings. The smallest absolute Gasteiger partial charge is 0.0695 e. The lowest BCUT2D eigenvalue weighted by Gasteiger charge is -2.27. The molecular weight excluding hydrogens is 186 g/mol. The Morgan fingerprint density at radius 3 is 2.93 bits per heavy atom. The SMILES string of the molecule is CCC1(COC)Cc2ccc(C)cc2N1. The van der Waals surface area contributed by atoms with Gasteiger partial charge in [-0.25, -0.2) is 0 Å². The van der Waals surface area contributed by atoms with Crippen molar-refractivity contribution in [2.45, 2.75) is 32.2 Å². The van der Waals surface area contributed by atoms with Crippen molar-refractivity contribution in [3.05, 3.63) is 29.3 Å². The van der Waals surface area contributed by atoms with Gasteiger partial charge in [0.2, 0.25) is 0 Å². The van der Waals surface area contributed by atoms with Crippen molar-refractivity contribution in [1.29, 1.82) is 0 Å². The van der Waals surface area contributed by atoms with Crippen LogP contribution in [0.2, 0.25) is 0 Å². The van der Waals surface area contributed by atoms with Gasteiger partial charge in [0, 0.05) is 12.8 Å². The highest BCUT2D eigenvalue weighted by Gasteiger charge is 2.34. The molecule has 0 saturated heterocycles. The molecule has 0 bridgehead atoms. The molecule has 0 amide bonds. The van der Waals surface area contributed by atoms with E-state index in [1.165, 1.54) is 16.8 Å². The number of aryl methyl sites for hydroxylation is 1. The highest BCUT2D eigenvalue weighted by molar-refractivity contribution is 5.60. The van der Waals surface area contributed by atoms with E-state index in [0.717, 1.165) is 19.4 Å². The van der Waals surface area contributed by atoms with Crippen LogP contribution in [-0.4, -0.2) is 19.3 Å². The molecule has 0 saturated carbocycles. The Bertz CT molecular complexity index is 362. The summed E-state index contributed by atoms with van der Waals surface area (Å²) in [5.41, 5.74) is 4.13. The van der Waals surface area contributed by atoms with Crippen LogP contribution < -0.4 is 5.32 Å².